The van der Waals surface area contributed by atoms with Gasteiger partial charge in [-0.05, 0) is 54.7 Å². The number of rotatable bonds is 13. The summed E-state index contributed by atoms with van der Waals surface area (Å²) < 4.78 is 5.94. The molecule has 0 saturated carbocycles. The minimum absolute atomic E-state index is 0.119. The smallest absolute Gasteiger partial charge is 0.211 e. The Kier molecular flexibility index (Phi) is 9.68. The summed E-state index contributed by atoms with van der Waals surface area (Å²) in [6, 6.07) is 34.6. The van der Waals surface area contributed by atoms with Gasteiger partial charge in [-0.25, -0.2) is 0 Å². The minimum Gasteiger partial charge on any atom is -0.487 e. The fourth-order valence-corrected chi connectivity index (χ4v) is 4.61. The maximum Gasteiger partial charge on any atom is 0.211 e. The largest absolute Gasteiger partial charge is 0.487 e. The Morgan fingerprint density at radius 3 is 2.13 bits per heavy atom. The van der Waals surface area contributed by atoms with E-state index in [9.17, 15) is 9.90 Å². The number of nitrogens with one attached hydrogen (secondary N) is 2. The second kappa shape index (κ2) is 13.6. The first-order chi connectivity index (χ1) is 18.5. The van der Waals surface area contributed by atoms with Crippen molar-refractivity contribution in [2.45, 2.75) is 44.9 Å². The van der Waals surface area contributed by atoms with Crippen LogP contribution in [0.5, 0.6) is 5.75 Å². The molecule has 4 aromatic carbocycles. The Balaban J connectivity index is 1.43. The molecule has 4 aromatic rings. The standard InChI is InChI=1S/C33H36N2O3/c1-24-13-15-28(16-14-24)30(19-26-9-5-3-6-10-26)25(2)34-21-32(37)29-17-18-33(31(20-29)35-23-36)38-22-27-11-7-4-8-12-27/h3-18,20,23,25,30,32,34,37H,19,21-22H2,1-2H3,(H,35,36). The van der Waals surface area contributed by atoms with Crippen molar-refractivity contribution in [2.24, 2.45) is 0 Å². The molecule has 4 rings (SSSR count). The van der Waals surface area contributed by atoms with Gasteiger partial charge < -0.3 is 20.5 Å². The average Bonchev–Trinajstić information content (AvgIpc) is 2.95. The molecular weight excluding hydrogens is 472 g/mol. The van der Waals surface area contributed by atoms with Crippen LogP contribution in [0.2, 0.25) is 0 Å². The fourth-order valence-electron chi connectivity index (χ4n) is 4.61. The van der Waals surface area contributed by atoms with E-state index >= 15 is 0 Å². The predicted octanol–water partition coefficient (Wildman–Crippen LogP) is 6.18. The second-order valence-corrected chi connectivity index (χ2v) is 9.71. The minimum atomic E-state index is -0.747. The van der Waals surface area contributed by atoms with Crippen molar-refractivity contribution >= 4 is 12.1 Å². The molecule has 0 aliphatic heterocycles. The molecule has 0 heterocycles. The number of carbonyl (C=O) groups excluding carboxylic acids is 1. The fraction of sp³-hybridized carbons (Fsp3) is 0.242. The summed E-state index contributed by atoms with van der Waals surface area (Å²) in [7, 11) is 0. The molecule has 3 atom stereocenters. The molecule has 0 radical (unpaired) electrons. The molecule has 0 aliphatic carbocycles. The Hall–Kier alpha value is -3.93. The van der Waals surface area contributed by atoms with Crippen LogP contribution in [0.3, 0.4) is 0 Å². The summed E-state index contributed by atoms with van der Waals surface area (Å²) in [5, 5.41) is 17.3. The maximum absolute atomic E-state index is 11.2. The lowest BCUT2D eigenvalue weighted by atomic mass is 9.86. The van der Waals surface area contributed by atoms with Crippen molar-refractivity contribution in [3.8, 4) is 5.75 Å². The normalized spacial score (nSPS) is 13.3. The quantitative estimate of drug-likeness (QED) is 0.189. The van der Waals surface area contributed by atoms with Gasteiger partial charge in [0.2, 0.25) is 6.41 Å². The number of hydrogen-bond donors (Lipinski definition) is 3. The molecule has 0 aromatic heterocycles. The highest BCUT2D eigenvalue weighted by Gasteiger charge is 2.21. The molecular formula is C33H36N2O3. The number of anilines is 1. The lowest BCUT2D eigenvalue weighted by Crippen LogP contribution is -2.36. The van der Waals surface area contributed by atoms with Crippen molar-refractivity contribution in [3.05, 3.63) is 131 Å². The highest BCUT2D eigenvalue weighted by Crippen LogP contribution is 2.30. The summed E-state index contributed by atoms with van der Waals surface area (Å²) in [5.74, 6) is 0.798. The van der Waals surface area contributed by atoms with Gasteiger partial charge in [-0.3, -0.25) is 4.79 Å². The van der Waals surface area contributed by atoms with Gasteiger partial charge >= 0.3 is 0 Å². The van der Waals surface area contributed by atoms with E-state index in [-0.39, 0.29) is 12.0 Å². The lowest BCUT2D eigenvalue weighted by molar-refractivity contribution is -0.105. The number of benzene rings is 4. The van der Waals surface area contributed by atoms with Gasteiger partial charge in [-0.1, -0.05) is 96.6 Å². The SMILES string of the molecule is Cc1ccc(C(Cc2ccccc2)C(C)NCC(O)c2ccc(OCc3ccccc3)c(NC=O)c2)cc1. The van der Waals surface area contributed by atoms with E-state index in [4.69, 9.17) is 4.74 Å². The number of aliphatic hydroxyl groups is 1. The summed E-state index contributed by atoms with van der Waals surface area (Å²) in [6.07, 6.45) is 0.773. The van der Waals surface area contributed by atoms with Crippen molar-refractivity contribution in [3.63, 3.8) is 0 Å². The molecule has 38 heavy (non-hydrogen) atoms. The van der Waals surface area contributed by atoms with E-state index < -0.39 is 6.10 Å². The molecule has 1 amide bonds. The monoisotopic (exact) mass is 508 g/mol. The average molecular weight is 509 g/mol. The van der Waals surface area contributed by atoms with Gasteiger partial charge in [-0.2, -0.15) is 0 Å². The van der Waals surface area contributed by atoms with E-state index in [0.29, 0.717) is 36.6 Å². The first-order valence-electron chi connectivity index (χ1n) is 13.1. The first kappa shape index (κ1) is 27.1. The van der Waals surface area contributed by atoms with Crippen molar-refractivity contribution in [2.75, 3.05) is 11.9 Å². The van der Waals surface area contributed by atoms with E-state index in [1.54, 1.807) is 12.1 Å². The predicted molar refractivity (Wildman–Crippen MR) is 153 cm³/mol. The van der Waals surface area contributed by atoms with Crippen LogP contribution in [0.25, 0.3) is 0 Å². The Labute approximate surface area is 225 Å². The van der Waals surface area contributed by atoms with Crippen LogP contribution in [0.4, 0.5) is 5.69 Å². The number of carbonyl (C=O) groups is 1. The Bertz CT molecular complexity index is 1280. The zero-order valence-electron chi connectivity index (χ0n) is 22.0. The molecule has 3 N–H and O–H groups in total. The van der Waals surface area contributed by atoms with Crippen LogP contribution in [0, 0.1) is 6.92 Å². The zero-order valence-corrected chi connectivity index (χ0v) is 22.0. The van der Waals surface area contributed by atoms with Crippen LogP contribution in [-0.2, 0) is 17.8 Å². The molecule has 0 bridgehead atoms. The van der Waals surface area contributed by atoms with E-state index in [2.05, 4.69) is 73.0 Å². The topological polar surface area (TPSA) is 70.6 Å². The summed E-state index contributed by atoms with van der Waals surface area (Å²) in [4.78, 5) is 11.2. The van der Waals surface area contributed by atoms with Crippen LogP contribution in [0.15, 0.2) is 103 Å². The third-order valence-electron chi connectivity index (χ3n) is 6.88. The van der Waals surface area contributed by atoms with Crippen LogP contribution in [-0.4, -0.2) is 24.1 Å². The van der Waals surface area contributed by atoms with Crippen LogP contribution in [0.1, 0.15) is 46.8 Å². The van der Waals surface area contributed by atoms with Gasteiger partial charge in [0, 0.05) is 18.5 Å². The molecule has 3 unspecified atom stereocenters. The van der Waals surface area contributed by atoms with Crippen molar-refractivity contribution in [1.29, 1.82) is 0 Å². The van der Waals surface area contributed by atoms with E-state index in [1.807, 2.05) is 42.5 Å². The first-order valence-corrected chi connectivity index (χ1v) is 13.1. The van der Waals surface area contributed by atoms with Crippen molar-refractivity contribution < 1.29 is 14.6 Å². The van der Waals surface area contributed by atoms with Crippen LogP contribution < -0.4 is 15.4 Å². The number of ether oxygens (including phenoxy) is 1. The lowest BCUT2D eigenvalue weighted by Gasteiger charge is -2.27. The third-order valence-corrected chi connectivity index (χ3v) is 6.88. The molecule has 0 aliphatic rings. The van der Waals surface area contributed by atoms with Gasteiger partial charge in [0.1, 0.15) is 12.4 Å². The number of amides is 1. The molecule has 5 nitrogen and oxygen atoms in total. The third kappa shape index (κ3) is 7.54. The number of aryl methyl sites for hydroxylation is 1. The van der Waals surface area contributed by atoms with Gasteiger partial charge in [0.15, 0.2) is 0 Å². The maximum atomic E-state index is 11.2. The molecule has 5 heteroatoms. The van der Waals surface area contributed by atoms with E-state index in [0.717, 1.165) is 12.0 Å². The molecule has 0 saturated heterocycles. The van der Waals surface area contributed by atoms with Gasteiger partial charge in [0.25, 0.3) is 0 Å². The highest BCUT2D eigenvalue weighted by atomic mass is 16.5. The highest BCUT2D eigenvalue weighted by molar-refractivity contribution is 5.76. The van der Waals surface area contributed by atoms with Gasteiger partial charge in [-0.15, -0.1) is 0 Å². The van der Waals surface area contributed by atoms with Gasteiger partial charge in [0.05, 0.1) is 11.8 Å². The molecule has 196 valence electrons. The van der Waals surface area contributed by atoms with Crippen LogP contribution >= 0.6 is 0 Å². The Morgan fingerprint density at radius 1 is 0.842 bits per heavy atom. The number of hydrogen-bond acceptors (Lipinski definition) is 4. The molecule has 0 spiro atoms. The molecule has 0 fully saturated rings. The number of aliphatic hydroxyl groups excluding tert-OH is 1. The summed E-state index contributed by atoms with van der Waals surface area (Å²) >= 11 is 0. The zero-order chi connectivity index (χ0) is 26.7. The van der Waals surface area contributed by atoms with E-state index in [1.165, 1.54) is 16.7 Å². The summed E-state index contributed by atoms with van der Waals surface area (Å²) in [6.45, 7) is 5.03. The Morgan fingerprint density at radius 2 is 1.47 bits per heavy atom. The summed E-state index contributed by atoms with van der Waals surface area (Å²) in [5.41, 5.74) is 6.05. The second-order valence-electron chi connectivity index (χ2n) is 9.71. The van der Waals surface area contributed by atoms with Crippen molar-refractivity contribution in [1.82, 2.24) is 5.32 Å².